The molecular formula is C19H19FN4. The van der Waals surface area contributed by atoms with Gasteiger partial charge in [-0.15, -0.1) is 0 Å². The van der Waals surface area contributed by atoms with Crippen LogP contribution in [0, 0.1) is 24.1 Å². The van der Waals surface area contributed by atoms with E-state index < -0.39 is 0 Å². The number of hydrogen-bond donors (Lipinski definition) is 1. The molecule has 1 aromatic heterocycles. The molecule has 0 radical (unpaired) electrons. The molecule has 0 amide bonds. The van der Waals surface area contributed by atoms with E-state index in [1.807, 2.05) is 13.0 Å². The third-order valence-electron chi connectivity index (χ3n) is 5.39. The second-order valence-corrected chi connectivity index (χ2v) is 6.85. The molecular weight excluding hydrogens is 303 g/mol. The summed E-state index contributed by atoms with van der Waals surface area (Å²) in [4.78, 5) is 6.88. The lowest BCUT2D eigenvalue weighted by molar-refractivity contribution is 0.222. The van der Waals surface area contributed by atoms with E-state index >= 15 is 0 Å². The standard InChI is InChI=1S/C19H19FN4/c1-10-5-11(7-12(20)6-10)17-14(9-21)19(22)23-15-8-13-3-4-16(18(15)17)24(13)2/h5-7,13,16H,3-4,8H2,1-2H3,(H2,22,23)/t13-,16+/m1/s1. The first-order valence-electron chi connectivity index (χ1n) is 8.21. The molecule has 2 aliphatic rings. The number of anilines is 1. The topological polar surface area (TPSA) is 65.9 Å². The molecule has 3 heterocycles. The number of aromatic nitrogens is 1. The van der Waals surface area contributed by atoms with Crippen molar-refractivity contribution in [2.24, 2.45) is 0 Å². The highest BCUT2D eigenvalue weighted by Crippen LogP contribution is 2.47. The fourth-order valence-electron chi connectivity index (χ4n) is 4.31. The van der Waals surface area contributed by atoms with Crippen molar-refractivity contribution >= 4 is 5.82 Å². The van der Waals surface area contributed by atoms with E-state index in [9.17, 15) is 9.65 Å². The molecule has 1 saturated heterocycles. The lowest BCUT2D eigenvalue weighted by atomic mass is 9.86. The fourth-order valence-corrected chi connectivity index (χ4v) is 4.31. The molecule has 2 aromatic rings. The van der Waals surface area contributed by atoms with E-state index in [1.54, 1.807) is 0 Å². The molecule has 2 atom stereocenters. The Bertz CT molecular complexity index is 864. The van der Waals surface area contributed by atoms with Gasteiger partial charge in [-0.1, -0.05) is 6.07 Å². The van der Waals surface area contributed by atoms with Crippen molar-refractivity contribution in [1.29, 1.82) is 5.26 Å². The summed E-state index contributed by atoms with van der Waals surface area (Å²) in [6.45, 7) is 1.85. The first kappa shape index (κ1) is 15.1. The molecule has 0 unspecified atom stereocenters. The summed E-state index contributed by atoms with van der Waals surface area (Å²) in [5.41, 5.74) is 10.8. The minimum atomic E-state index is -0.300. The third-order valence-corrected chi connectivity index (χ3v) is 5.39. The van der Waals surface area contributed by atoms with Gasteiger partial charge in [-0.25, -0.2) is 9.37 Å². The van der Waals surface area contributed by atoms with Crippen LogP contribution in [-0.2, 0) is 6.42 Å². The average Bonchev–Trinajstić information content (AvgIpc) is 2.76. The molecule has 0 saturated carbocycles. The van der Waals surface area contributed by atoms with Gasteiger partial charge in [0.25, 0.3) is 0 Å². The van der Waals surface area contributed by atoms with Crippen LogP contribution >= 0.6 is 0 Å². The summed E-state index contributed by atoms with van der Waals surface area (Å²) in [7, 11) is 2.12. The van der Waals surface area contributed by atoms with Crippen molar-refractivity contribution in [1.82, 2.24) is 9.88 Å². The first-order chi connectivity index (χ1) is 11.5. The molecule has 2 aliphatic heterocycles. The number of aryl methyl sites for hydroxylation is 1. The van der Waals surface area contributed by atoms with E-state index in [4.69, 9.17) is 5.73 Å². The van der Waals surface area contributed by atoms with Crippen LogP contribution in [0.15, 0.2) is 18.2 Å². The highest BCUT2D eigenvalue weighted by atomic mass is 19.1. The van der Waals surface area contributed by atoms with Gasteiger partial charge in [0.05, 0.1) is 0 Å². The van der Waals surface area contributed by atoms with Crippen LogP contribution < -0.4 is 5.73 Å². The predicted molar refractivity (Wildman–Crippen MR) is 90.7 cm³/mol. The first-order valence-corrected chi connectivity index (χ1v) is 8.21. The van der Waals surface area contributed by atoms with E-state index in [-0.39, 0.29) is 17.7 Å². The summed E-state index contributed by atoms with van der Waals surface area (Å²) in [5, 5.41) is 9.66. The Hall–Kier alpha value is -2.45. The second-order valence-electron chi connectivity index (χ2n) is 6.85. The van der Waals surface area contributed by atoms with Crippen molar-refractivity contribution in [2.75, 3.05) is 12.8 Å². The van der Waals surface area contributed by atoms with Crippen LogP contribution in [0.4, 0.5) is 10.2 Å². The number of halogens is 1. The lowest BCUT2D eigenvalue weighted by Gasteiger charge is -2.34. The Labute approximate surface area is 140 Å². The van der Waals surface area contributed by atoms with Crippen LogP contribution in [0.5, 0.6) is 0 Å². The molecule has 0 aliphatic carbocycles. The van der Waals surface area contributed by atoms with Crippen LogP contribution in [0.25, 0.3) is 11.1 Å². The fraction of sp³-hybridized carbons (Fsp3) is 0.368. The zero-order valence-corrected chi connectivity index (χ0v) is 13.8. The van der Waals surface area contributed by atoms with Crippen LogP contribution in [0.3, 0.4) is 0 Å². The highest BCUT2D eigenvalue weighted by molar-refractivity contribution is 5.80. The van der Waals surface area contributed by atoms with Crippen LogP contribution in [-0.4, -0.2) is 23.0 Å². The molecule has 4 nitrogen and oxygen atoms in total. The third kappa shape index (κ3) is 2.10. The minimum Gasteiger partial charge on any atom is -0.383 e. The van der Waals surface area contributed by atoms with Gasteiger partial charge in [-0.3, -0.25) is 4.90 Å². The number of pyridine rings is 1. The number of nitrogens with two attached hydrogens (primary N) is 1. The summed E-state index contributed by atoms with van der Waals surface area (Å²) >= 11 is 0. The molecule has 2 bridgehead atoms. The number of benzene rings is 1. The Morgan fingerprint density at radius 3 is 2.83 bits per heavy atom. The zero-order chi connectivity index (χ0) is 17.0. The largest absolute Gasteiger partial charge is 0.383 e. The molecule has 4 rings (SSSR count). The normalized spacial score (nSPS) is 22.2. The van der Waals surface area contributed by atoms with E-state index in [0.29, 0.717) is 17.2 Å². The molecule has 24 heavy (non-hydrogen) atoms. The molecule has 5 heteroatoms. The van der Waals surface area contributed by atoms with Gasteiger partial charge in [0, 0.05) is 35.3 Å². The number of hydrogen-bond acceptors (Lipinski definition) is 4. The molecule has 0 spiro atoms. The summed E-state index contributed by atoms with van der Waals surface area (Å²) in [6, 6.07) is 7.79. The number of likely N-dealkylation sites (N-methyl/N-ethyl adjacent to an activating group) is 1. The molecule has 2 N–H and O–H groups in total. The SMILES string of the molecule is Cc1cc(F)cc(-c2c(C#N)c(N)nc3c2[C@@H]2CC[C@H](C3)N2C)c1. The second kappa shape index (κ2) is 5.29. The lowest BCUT2D eigenvalue weighted by Crippen LogP contribution is -2.35. The minimum absolute atomic E-state index is 0.220. The Balaban J connectivity index is 2.06. The van der Waals surface area contributed by atoms with Gasteiger partial charge >= 0.3 is 0 Å². The summed E-state index contributed by atoms with van der Waals surface area (Å²) in [5.74, 6) is -0.0522. The van der Waals surface area contributed by atoms with Gasteiger partial charge in [-0.05, 0) is 50.1 Å². The summed E-state index contributed by atoms with van der Waals surface area (Å²) < 4.78 is 14.0. The van der Waals surface area contributed by atoms with Crippen molar-refractivity contribution in [2.45, 2.75) is 38.3 Å². The highest BCUT2D eigenvalue weighted by Gasteiger charge is 2.41. The van der Waals surface area contributed by atoms with Gasteiger partial charge in [-0.2, -0.15) is 5.26 Å². The maximum Gasteiger partial charge on any atom is 0.142 e. The smallest absolute Gasteiger partial charge is 0.142 e. The predicted octanol–water partition coefficient (Wildman–Crippen LogP) is 3.34. The molecule has 122 valence electrons. The monoisotopic (exact) mass is 322 g/mol. The van der Waals surface area contributed by atoms with Crippen LogP contribution in [0.1, 0.15) is 41.3 Å². The molecule has 1 fully saturated rings. The molecule has 1 aromatic carbocycles. The number of rotatable bonds is 1. The Kier molecular flexibility index (Phi) is 3.33. The Morgan fingerprint density at radius 1 is 1.33 bits per heavy atom. The van der Waals surface area contributed by atoms with Crippen molar-refractivity contribution in [3.05, 3.63) is 46.4 Å². The van der Waals surface area contributed by atoms with Crippen molar-refractivity contribution in [3.8, 4) is 17.2 Å². The van der Waals surface area contributed by atoms with Gasteiger partial charge in [0.15, 0.2) is 0 Å². The quantitative estimate of drug-likeness (QED) is 0.874. The van der Waals surface area contributed by atoms with Crippen molar-refractivity contribution in [3.63, 3.8) is 0 Å². The van der Waals surface area contributed by atoms with E-state index in [1.165, 1.54) is 12.1 Å². The zero-order valence-electron chi connectivity index (χ0n) is 13.8. The maximum atomic E-state index is 14.0. The maximum absolute atomic E-state index is 14.0. The van der Waals surface area contributed by atoms with Crippen molar-refractivity contribution < 1.29 is 4.39 Å². The van der Waals surface area contributed by atoms with Gasteiger partial charge < -0.3 is 5.73 Å². The number of nitrogens with zero attached hydrogens (tertiary/aromatic N) is 3. The number of nitrogen functional groups attached to an aromatic ring is 1. The van der Waals surface area contributed by atoms with Crippen LogP contribution in [0.2, 0.25) is 0 Å². The number of fused-ring (bicyclic) bond motifs is 4. The average molecular weight is 322 g/mol. The van der Waals surface area contributed by atoms with E-state index in [2.05, 4.69) is 23.0 Å². The number of nitriles is 1. The van der Waals surface area contributed by atoms with Gasteiger partial charge in [0.2, 0.25) is 0 Å². The Morgan fingerprint density at radius 2 is 2.12 bits per heavy atom. The van der Waals surface area contributed by atoms with Gasteiger partial charge in [0.1, 0.15) is 23.3 Å². The van der Waals surface area contributed by atoms with E-state index in [0.717, 1.165) is 41.6 Å². The summed E-state index contributed by atoms with van der Waals surface area (Å²) in [6.07, 6.45) is 2.98.